The highest BCUT2D eigenvalue weighted by molar-refractivity contribution is 7.99. The van der Waals surface area contributed by atoms with Crippen LogP contribution in [0.5, 0.6) is 0 Å². The van der Waals surface area contributed by atoms with Crippen molar-refractivity contribution in [3.05, 3.63) is 59.2 Å². The maximum atomic E-state index is 12.1. The molecular formula is C17H17NO2S. The molecule has 1 aliphatic heterocycles. The van der Waals surface area contributed by atoms with Gasteiger partial charge in [0.1, 0.15) is 0 Å². The van der Waals surface area contributed by atoms with E-state index in [2.05, 4.69) is 12.1 Å². The van der Waals surface area contributed by atoms with Crippen molar-refractivity contribution >= 4 is 23.4 Å². The van der Waals surface area contributed by atoms with Crippen LogP contribution in [-0.2, 0) is 4.74 Å². The standard InChI is InChI=1S/C17H17NO2S/c1-11-6-7-12(8-15(11)18)17(19)20-9-13-10-21-16-5-3-2-4-14(13)16/h2-8,13H,9-10,18H2,1H3. The lowest BCUT2D eigenvalue weighted by Gasteiger charge is -2.12. The molecule has 0 fully saturated rings. The molecule has 3 nitrogen and oxygen atoms in total. The van der Waals surface area contributed by atoms with Crippen LogP contribution >= 0.6 is 11.8 Å². The second kappa shape index (κ2) is 5.82. The molecule has 0 spiro atoms. The average Bonchev–Trinajstić information content (AvgIpc) is 2.91. The third-order valence-electron chi connectivity index (χ3n) is 3.73. The lowest BCUT2D eigenvalue weighted by atomic mass is 10.0. The van der Waals surface area contributed by atoms with Gasteiger partial charge in [-0.15, -0.1) is 11.8 Å². The Hall–Kier alpha value is -1.94. The van der Waals surface area contributed by atoms with E-state index < -0.39 is 0 Å². The molecule has 21 heavy (non-hydrogen) atoms. The summed E-state index contributed by atoms with van der Waals surface area (Å²) < 4.78 is 5.46. The highest BCUT2D eigenvalue weighted by atomic mass is 32.2. The Morgan fingerprint density at radius 1 is 1.33 bits per heavy atom. The van der Waals surface area contributed by atoms with E-state index in [9.17, 15) is 4.79 Å². The van der Waals surface area contributed by atoms with Gasteiger partial charge >= 0.3 is 5.97 Å². The van der Waals surface area contributed by atoms with E-state index in [1.165, 1.54) is 10.5 Å². The normalized spacial score (nSPS) is 16.5. The van der Waals surface area contributed by atoms with E-state index in [1.807, 2.05) is 36.9 Å². The third kappa shape index (κ3) is 2.90. The summed E-state index contributed by atoms with van der Waals surface area (Å²) in [5.74, 6) is 0.928. The molecule has 1 unspecified atom stereocenters. The van der Waals surface area contributed by atoms with Gasteiger partial charge < -0.3 is 10.5 Å². The first-order chi connectivity index (χ1) is 10.1. The fourth-order valence-corrected chi connectivity index (χ4v) is 3.63. The van der Waals surface area contributed by atoms with E-state index >= 15 is 0 Å². The molecule has 0 saturated heterocycles. The second-order valence-electron chi connectivity index (χ2n) is 5.22. The summed E-state index contributed by atoms with van der Waals surface area (Å²) in [5.41, 5.74) is 9.20. The molecule has 0 amide bonds. The van der Waals surface area contributed by atoms with Crippen molar-refractivity contribution in [1.29, 1.82) is 0 Å². The number of carbonyl (C=O) groups excluding carboxylic acids is 1. The predicted molar refractivity (Wildman–Crippen MR) is 85.8 cm³/mol. The first kappa shape index (κ1) is 14.0. The van der Waals surface area contributed by atoms with E-state index in [0.717, 1.165) is 11.3 Å². The lowest BCUT2D eigenvalue weighted by Crippen LogP contribution is -2.13. The molecule has 3 rings (SSSR count). The van der Waals surface area contributed by atoms with Gasteiger partial charge in [-0.25, -0.2) is 4.79 Å². The number of ether oxygens (including phenoxy) is 1. The number of hydrogen-bond acceptors (Lipinski definition) is 4. The van der Waals surface area contributed by atoms with Crippen molar-refractivity contribution in [2.75, 3.05) is 18.1 Å². The number of hydrogen-bond donors (Lipinski definition) is 1. The molecule has 4 heteroatoms. The van der Waals surface area contributed by atoms with Crippen LogP contribution in [0.25, 0.3) is 0 Å². The molecule has 0 radical (unpaired) electrons. The summed E-state index contributed by atoms with van der Waals surface area (Å²) in [6.07, 6.45) is 0. The zero-order valence-electron chi connectivity index (χ0n) is 11.8. The smallest absolute Gasteiger partial charge is 0.338 e. The largest absolute Gasteiger partial charge is 0.461 e. The summed E-state index contributed by atoms with van der Waals surface area (Å²) in [5, 5.41) is 0. The van der Waals surface area contributed by atoms with Crippen LogP contribution in [0.1, 0.15) is 27.4 Å². The lowest BCUT2D eigenvalue weighted by molar-refractivity contribution is 0.0487. The highest BCUT2D eigenvalue weighted by Gasteiger charge is 2.24. The van der Waals surface area contributed by atoms with Gasteiger partial charge in [-0.3, -0.25) is 0 Å². The van der Waals surface area contributed by atoms with Crippen molar-refractivity contribution < 1.29 is 9.53 Å². The van der Waals surface area contributed by atoms with Crippen LogP contribution in [0.2, 0.25) is 0 Å². The zero-order valence-corrected chi connectivity index (χ0v) is 12.7. The van der Waals surface area contributed by atoms with E-state index in [-0.39, 0.29) is 11.9 Å². The van der Waals surface area contributed by atoms with E-state index in [0.29, 0.717) is 17.9 Å². The molecule has 2 N–H and O–H groups in total. The molecule has 1 aliphatic rings. The van der Waals surface area contributed by atoms with Crippen molar-refractivity contribution in [2.45, 2.75) is 17.7 Å². The first-order valence-electron chi connectivity index (χ1n) is 6.90. The maximum Gasteiger partial charge on any atom is 0.338 e. The number of fused-ring (bicyclic) bond motifs is 1. The van der Waals surface area contributed by atoms with Crippen LogP contribution in [0, 0.1) is 6.92 Å². The van der Waals surface area contributed by atoms with E-state index in [4.69, 9.17) is 10.5 Å². The molecule has 1 atom stereocenters. The Morgan fingerprint density at radius 3 is 2.95 bits per heavy atom. The maximum absolute atomic E-state index is 12.1. The molecule has 0 aliphatic carbocycles. The number of aryl methyl sites for hydroxylation is 1. The van der Waals surface area contributed by atoms with Crippen molar-refractivity contribution in [2.24, 2.45) is 0 Å². The molecule has 108 valence electrons. The van der Waals surface area contributed by atoms with Gasteiger partial charge in [0, 0.05) is 22.3 Å². The quantitative estimate of drug-likeness (QED) is 0.694. The SMILES string of the molecule is Cc1ccc(C(=O)OCC2CSc3ccccc32)cc1N. The number of nitrogen functional groups attached to an aromatic ring is 1. The van der Waals surface area contributed by atoms with Crippen LogP contribution in [-0.4, -0.2) is 18.3 Å². The number of thioether (sulfide) groups is 1. The molecular weight excluding hydrogens is 282 g/mol. The van der Waals surface area contributed by atoms with Gasteiger partial charge in [0.15, 0.2) is 0 Å². The fourth-order valence-electron chi connectivity index (χ4n) is 2.39. The van der Waals surface area contributed by atoms with Crippen LogP contribution in [0.3, 0.4) is 0 Å². The van der Waals surface area contributed by atoms with Crippen molar-refractivity contribution in [1.82, 2.24) is 0 Å². The molecule has 1 heterocycles. The predicted octanol–water partition coefficient (Wildman–Crippen LogP) is 3.62. The fraction of sp³-hybridized carbons (Fsp3) is 0.235. The molecule has 0 bridgehead atoms. The van der Waals surface area contributed by atoms with E-state index in [1.54, 1.807) is 12.1 Å². The van der Waals surface area contributed by atoms with Gasteiger partial charge in [0.05, 0.1) is 12.2 Å². The average molecular weight is 299 g/mol. The number of benzene rings is 2. The van der Waals surface area contributed by atoms with Gasteiger partial charge in [0.25, 0.3) is 0 Å². The zero-order chi connectivity index (χ0) is 14.8. The Morgan fingerprint density at radius 2 is 2.14 bits per heavy atom. The Bertz CT molecular complexity index is 684. The monoisotopic (exact) mass is 299 g/mol. The number of esters is 1. The molecule has 0 aromatic heterocycles. The summed E-state index contributed by atoms with van der Waals surface area (Å²) in [6, 6.07) is 13.6. The first-order valence-corrected chi connectivity index (χ1v) is 7.88. The van der Waals surface area contributed by atoms with Crippen molar-refractivity contribution in [3.63, 3.8) is 0 Å². The van der Waals surface area contributed by atoms with Gasteiger partial charge in [0.2, 0.25) is 0 Å². The highest BCUT2D eigenvalue weighted by Crippen LogP contribution is 2.39. The van der Waals surface area contributed by atoms with Crippen LogP contribution < -0.4 is 5.73 Å². The van der Waals surface area contributed by atoms with Crippen molar-refractivity contribution in [3.8, 4) is 0 Å². The summed E-state index contributed by atoms with van der Waals surface area (Å²) >= 11 is 1.82. The number of anilines is 1. The Balaban J connectivity index is 1.66. The van der Waals surface area contributed by atoms with Gasteiger partial charge in [-0.1, -0.05) is 24.3 Å². The summed E-state index contributed by atoms with van der Waals surface area (Å²) in [6.45, 7) is 2.33. The minimum Gasteiger partial charge on any atom is -0.461 e. The second-order valence-corrected chi connectivity index (χ2v) is 6.28. The molecule has 2 aromatic carbocycles. The topological polar surface area (TPSA) is 52.3 Å². The Labute approximate surface area is 128 Å². The number of carbonyl (C=O) groups is 1. The van der Waals surface area contributed by atoms with Crippen LogP contribution in [0.15, 0.2) is 47.4 Å². The molecule has 0 saturated carbocycles. The summed E-state index contributed by atoms with van der Waals surface area (Å²) in [4.78, 5) is 13.4. The minimum absolute atomic E-state index is 0.276. The molecule has 2 aromatic rings. The number of nitrogens with two attached hydrogens (primary N) is 1. The van der Waals surface area contributed by atoms with Gasteiger partial charge in [-0.05, 0) is 36.2 Å². The van der Waals surface area contributed by atoms with Crippen LogP contribution in [0.4, 0.5) is 5.69 Å². The van der Waals surface area contributed by atoms with Gasteiger partial charge in [-0.2, -0.15) is 0 Å². The number of rotatable bonds is 3. The summed E-state index contributed by atoms with van der Waals surface area (Å²) in [7, 11) is 0. The minimum atomic E-state index is -0.309. The Kier molecular flexibility index (Phi) is 3.88. The third-order valence-corrected chi connectivity index (χ3v) is 4.98.